The van der Waals surface area contributed by atoms with Crippen LogP contribution in [0.15, 0.2) is 22.7 Å². The fraction of sp³-hybridized carbons (Fsp3) is 0.583. The van der Waals surface area contributed by atoms with Gasteiger partial charge in [0.15, 0.2) is 0 Å². The van der Waals surface area contributed by atoms with Gasteiger partial charge in [0.1, 0.15) is 11.6 Å². The number of rotatable bonds is 5. The van der Waals surface area contributed by atoms with E-state index in [2.05, 4.69) is 24.3 Å². The Balaban J connectivity index is 1.60. The van der Waals surface area contributed by atoms with E-state index in [1.54, 1.807) is 4.90 Å². The molecule has 174 valence electrons. The second kappa shape index (κ2) is 9.65. The summed E-state index contributed by atoms with van der Waals surface area (Å²) in [5.74, 6) is -2.97. The molecule has 0 unspecified atom stereocenters. The second-order valence-corrected chi connectivity index (χ2v) is 9.45. The molecule has 4 rings (SSSR count). The molecule has 1 aliphatic heterocycles. The molecule has 1 aromatic carbocycles. The Labute approximate surface area is 186 Å². The Morgan fingerprint density at radius 3 is 2.66 bits per heavy atom. The van der Waals surface area contributed by atoms with Gasteiger partial charge in [0.2, 0.25) is 17.3 Å². The number of aromatic nitrogens is 1. The summed E-state index contributed by atoms with van der Waals surface area (Å²) >= 11 is 0. The maximum atomic E-state index is 15.2. The first kappa shape index (κ1) is 22.8. The van der Waals surface area contributed by atoms with Crippen LogP contribution in [0.25, 0.3) is 11.3 Å². The Bertz CT molecular complexity index is 956. The zero-order chi connectivity index (χ0) is 22.8. The molecule has 5 nitrogen and oxygen atoms in total. The van der Waals surface area contributed by atoms with E-state index in [1.807, 2.05) is 0 Å². The van der Waals surface area contributed by atoms with E-state index in [0.29, 0.717) is 31.0 Å². The summed E-state index contributed by atoms with van der Waals surface area (Å²) in [6.07, 6.45) is 6.65. The van der Waals surface area contributed by atoms with Crippen molar-refractivity contribution in [1.82, 2.24) is 15.4 Å². The first-order valence-electron chi connectivity index (χ1n) is 11.5. The van der Waals surface area contributed by atoms with Crippen LogP contribution in [0.2, 0.25) is 0 Å². The van der Waals surface area contributed by atoms with Crippen LogP contribution in [0.1, 0.15) is 62.9 Å². The summed E-state index contributed by atoms with van der Waals surface area (Å²) in [5, 5.41) is 7.28. The van der Waals surface area contributed by atoms with Crippen molar-refractivity contribution in [1.29, 1.82) is 0 Å². The molecule has 0 radical (unpaired) electrons. The molecule has 1 aromatic heterocycles. The molecule has 2 heterocycles. The second-order valence-electron chi connectivity index (χ2n) is 9.45. The molecule has 1 N–H and O–H groups in total. The minimum absolute atomic E-state index is 0.0931. The van der Waals surface area contributed by atoms with Crippen molar-refractivity contribution in [3.8, 4) is 11.3 Å². The van der Waals surface area contributed by atoms with Crippen molar-refractivity contribution in [3.05, 3.63) is 41.3 Å². The van der Waals surface area contributed by atoms with Crippen LogP contribution in [0.4, 0.5) is 13.2 Å². The highest BCUT2D eigenvalue weighted by Crippen LogP contribution is 2.32. The fourth-order valence-electron chi connectivity index (χ4n) is 5.07. The van der Waals surface area contributed by atoms with E-state index < -0.39 is 34.8 Å². The normalized spacial score (nSPS) is 22.5. The Hall–Kier alpha value is -2.35. The van der Waals surface area contributed by atoms with Gasteiger partial charge in [-0.15, -0.1) is 0 Å². The average Bonchev–Trinajstić information content (AvgIpc) is 3.15. The molecule has 32 heavy (non-hydrogen) atoms. The van der Waals surface area contributed by atoms with Crippen molar-refractivity contribution in [3.63, 3.8) is 0 Å². The van der Waals surface area contributed by atoms with E-state index in [9.17, 15) is 13.6 Å². The Morgan fingerprint density at radius 2 is 1.97 bits per heavy atom. The molecule has 1 amide bonds. The summed E-state index contributed by atoms with van der Waals surface area (Å²) < 4.78 is 47.6. The van der Waals surface area contributed by atoms with Gasteiger partial charge in [-0.1, -0.05) is 38.3 Å². The molecule has 2 aliphatic rings. The minimum atomic E-state index is -1.02. The van der Waals surface area contributed by atoms with Crippen molar-refractivity contribution in [2.24, 2.45) is 11.8 Å². The lowest BCUT2D eigenvalue weighted by Gasteiger charge is -2.44. The summed E-state index contributed by atoms with van der Waals surface area (Å²) in [6, 6.07) is 2.79. The summed E-state index contributed by atoms with van der Waals surface area (Å²) in [6.45, 7) is 5.29. The first-order chi connectivity index (χ1) is 15.3. The highest BCUT2D eigenvalue weighted by atomic mass is 19.1. The third-order valence-corrected chi connectivity index (χ3v) is 6.69. The van der Waals surface area contributed by atoms with Crippen LogP contribution in [-0.2, 0) is 0 Å². The van der Waals surface area contributed by atoms with Gasteiger partial charge in [0.25, 0.3) is 5.91 Å². The van der Waals surface area contributed by atoms with Gasteiger partial charge in [-0.3, -0.25) is 4.79 Å². The topological polar surface area (TPSA) is 58.4 Å². The Morgan fingerprint density at radius 1 is 1.22 bits per heavy atom. The van der Waals surface area contributed by atoms with Gasteiger partial charge in [-0.2, -0.15) is 4.39 Å². The summed E-state index contributed by atoms with van der Waals surface area (Å²) in [7, 11) is 0. The SMILES string of the molecule is CC(C)C[C@H]1CN[C@@H](C2CCCCC2)CN1C(=O)c1noc(-c2ccc(F)cc2F)c1F. The molecular weight excluding hydrogens is 419 g/mol. The number of carbonyl (C=O) groups excluding carboxylic acids is 1. The molecule has 1 aliphatic carbocycles. The number of hydrogen-bond acceptors (Lipinski definition) is 4. The summed E-state index contributed by atoms with van der Waals surface area (Å²) in [4.78, 5) is 15.1. The molecule has 0 spiro atoms. The van der Waals surface area contributed by atoms with Crippen LogP contribution in [0, 0.1) is 29.3 Å². The number of carbonyl (C=O) groups is 1. The lowest BCUT2D eigenvalue weighted by Crippen LogP contribution is -2.60. The highest BCUT2D eigenvalue weighted by Gasteiger charge is 2.38. The predicted octanol–water partition coefficient (Wildman–Crippen LogP) is 5.17. The van der Waals surface area contributed by atoms with Gasteiger partial charge in [0.05, 0.1) is 5.56 Å². The van der Waals surface area contributed by atoms with Gasteiger partial charge >= 0.3 is 0 Å². The maximum absolute atomic E-state index is 15.2. The van der Waals surface area contributed by atoms with Gasteiger partial charge < -0.3 is 14.7 Å². The minimum Gasteiger partial charge on any atom is -0.352 e. The monoisotopic (exact) mass is 449 g/mol. The smallest absolute Gasteiger partial charge is 0.279 e. The van der Waals surface area contributed by atoms with Crippen LogP contribution >= 0.6 is 0 Å². The van der Waals surface area contributed by atoms with E-state index in [-0.39, 0.29) is 17.6 Å². The molecular formula is C24H30F3N3O2. The third kappa shape index (κ3) is 4.70. The van der Waals surface area contributed by atoms with E-state index >= 15 is 4.39 Å². The third-order valence-electron chi connectivity index (χ3n) is 6.69. The zero-order valence-corrected chi connectivity index (χ0v) is 18.5. The van der Waals surface area contributed by atoms with Crippen LogP contribution in [0.5, 0.6) is 0 Å². The van der Waals surface area contributed by atoms with Gasteiger partial charge in [-0.25, -0.2) is 8.78 Å². The Kier molecular flexibility index (Phi) is 6.88. The molecule has 1 saturated heterocycles. The quantitative estimate of drug-likeness (QED) is 0.684. The number of nitrogens with one attached hydrogen (secondary N) is 1. The predicted molar refractivity (Wildman–Crippen MR) is 114 cm³/mol. The summed E-state index contributed by atoms with van der Waals surface area (Å²) in [5.41, 5.74) is -0.726. The number of piperazine rings is 1. The van der Waals surface area contributed by atoms with Crippen molar-refractivity contribution < 1.29 is 22.5 Å². The lowest BCUT2D eigenvalue weighted by molar-refractivity contribution is 0.0472. The first-order valence-corrected chi connectivity index (χ1v) is 11.5. The van der Waals surface area contributed by atoms with Gasteiger partial charge in [0, 0.05) is 31.2 Å². The molecule has 2 atom stereocenters. The largest absolute Gasteiger partial charge is 0.352 e. The molecule has 0 bridgehead atoms. The zero-order valence-electron chi connectivity index (χ0n) is 18.5. The van der Waals surface area contributed by atoms with Crippen molar-refractivity contribution in [2.45, 2.75) is 64.5 Å². The van der Waals surface area contributed by atoms with Gasteiger partial charge in [-0.05, 0) is 43.2 Å². The number of benzene rings is 1. The van der Waals surface area contributed by atoms with Crippen LogP contribution in [-0.4, -0.2) is 41.1 Å². The highest BCUT2D eigenvalue weighted by molar-refractivity contribution is 5.94. The average molecular weight is 450 g/mol. The number of nitrogens with zero attached hydrogens (tertiary/aromatic N) is 2. The van der Waals surface area contributed by atoms with Crippen molar-refractivity contribution in [2.75, 3.05) is 13.1 Å². The fourth-order valence-corrected chi connectivity index (χ4v) is 5.07. The van der Waals surface area contributed by atoms with E-state index in [4.69, 9.17) is 4.52 Å². The number of hydrogen-bond donors (Lipinski definition) is 1. The van der Waals surface area contributed by atoms with E-state index in [1.165, 1.54) is 19.3 Å². The molecule has 2 fully saturated rings. The molecule has 8 heteroatoms. The lowest BCUT2D eigenvalue weighted by atomic mass is 9.82. The number of amides is 1. The number of halogens is 3. The molecule has 1 saturated carbocycles. The standard InChI is InChI=1S/C24H30F3N3O2/c1-14(2)10-17-12-28-20(15-6-4-3-5-7-15)13-30(17)24(31)22-21(27)23(32-29-22)18-9-8-16(25)11-19(18)26/h8-9,11,14-15,17,20,28H,3-7,10,12-13H2,1-2H3/t17-,20+/m0/s1. The van der Waals surface area contributed by atoms with E-state index in [0.717, 1.165) is 31.4 Å². The van der Waals surface area contributed by atoms with Crippen LogP contribution in [0.3, 0.4) is 0 Å². The van der Waals surface area contributed by atoms with Crippen LogP contribution < -0.4 is 5.32 Å². The maximum Gasteiger partial charge on any atom is 0.279 e. The molecule has 2 aromatic rings. The van der Waals surface area contributed by atoms with Crippen molar-refractivity contribution >= 4 is 5.91 Å².